The third-order valence-electron chi connectivity index (χ3n) is 7.92. The molecule has 3 heterocycles. The lowest BCUT2D eigenvalue weighted by atomic mass is 9.99. The van der Waals surface area contributed by atoms with Gasteiger partial charge in [0, 0.05) is 36.6 Å². The fraction of sp³-hybridized carbons (Fsp3) is 0.536. The van der Waals surface area contributed by atoms with Crippen LogP contribution in [-0.2, 0) is 11.2 Å². The van der Waals surface area contributed by atoms with Crippen LogP contribution < -0.4 is 5.32 Å². The molecule has 0 radical (unpaired) electrons. The van der Waals surface area contributed by atoms with Gasteiger partial charge in [-0.3, -0.25) is 4.79 Å². The van der Waals surface area contributed by atoms with Gasteiger partial charge in [0.2, 0.25) is 5.91 Å². The molecular formula is C28H37N5O. The van der Waals surface area contributed by atoms with Crippen LogP contribution in [0.2, 0.25) is 0 Å². The van der Waals surface area contributed by atoms with E-state index < -0.39 is 0 Å². The highest BCUT2D eigenvalue weighted by atomic mass is 16.1. The second-order valence-corrected chi connectivity index (χ2v) is 10.2. The Labute approximate surface area is 202 Å². The fourth-order valence-corrected chi connectivity index (χ4v) is 6.04. The molecule has 0 unspecified atom stereocenters. The van der Waals surface area contributed by atoms with E-state index in [0.717, 1.165) is 47.2 Å². The summed E-state index contributed by atoms with van der Waals surface area (Å²) in [6.07, 6.45) is 7.91. The maximum Gasteiger partial charge on any atom is 0.220 e. The number of hydrogen-bond acceptors (Lipinski definition) is 4. The van der Waals surface area contributed by atoms with Crippen molar-refractivity contribution in [2.75, 3.05) is 19.6 Å². The average molecular weight is 460 g/mol. The number of carbonyl (C=O) groups is 1. The van der Waals surface area contributed by atoms with Crippen molar-refractivity contribution in [2.45, 2.75) is 71.8 Å². The summed E-state index contributed by atoms with van der Waals surface area (Å²) >= 11 is 0. The first-order valence-corrected chi connectivity index (χ1v) is 12.9. The second-order valence-electron chi connectivity index (χ2n) is 10.2. The third-order valence-corrected chi connectivity index (χ3v) is 7.92. The number of hydrogen-bond donors (Lipinski definition) is 1. The summed E-state index contributed by atoms with van der Waals surface area (Å²) in [5.41, 5.74) is 6.22. The minimum Gasteiger partial charge on any atom is -0.356 e. The number of fused-ring (bicyclic) bond motifs is 1. The second kappa shape index (κ2) is 9.87. The van der Waals surface area contributed by atoms with Crippen LogP contribution in [0.3, 0.4) is 0 Å². The molecule has 6 nitrogen and oxygen atoms in total. The van der Waals surface area contributed by atoms with E-state index in [9.17, 15) is 4.79 Å². The van der Waals surface area contributed by atoms with E-state index in [1.54, 1.807) is 0 Å². The number of likely N-dealkylation sites (tertiary alicyclic amines) is 1. The Morgan fingerprint density at radius 3 is 2.59 bits per heavy atom. The van der Waals surface area contributed by atoms with Gasteiger partial charge in [0.05, 0.1) is 11.4 Å². The highest BCUT2D eigenvalue weighted by Gasteiger charge is 2.30. The zero-order valence-corrected chi connectivity index (χ0v) is 20.8. The lowest BCUT2D eigenvalue weighted by molar-refractivity contribution is -0.121. The maximum atomic E-state index is 12.7. The van der Waals surface area contributed by atoms with E-state index in [4.69, 9.17) is 10.1 Å². The van der Waals surface area contributed by atoms with Gasteiger partial charge in [0.15, 0.2) is 5.65 Å². The van der Waals surface area contributed by atoms with Gasteiger partial charge in [-0.2, -0.15) is 5.10 Å². The number of aromatic nitrogens is 3. The summed E-state index contributed by atoms with van der Waals surface area (Å²) < 4.78 is 1.93. The van der Waals surface area contributed by atoms with E-state index in [2.05, 4.69) is 17.1 Å². The molecule has 1 aromatic carbocycles. The molecule has 1 saturated heterocycles. The van der Waals surface area contributed by atoms with Gasteiger partial charge >= 0.3 is 0 Å². The van der Waals surface area contributed by atoms with Crippen molar-refractivity contribution < 1.29 is 4.79 Å². The number of para-hydroxylation sites is 1. The molecule has 6 heteroatoms. The molecule has 2 aliphatic rings. The first kappa shape index (κ1) is 23.0. The Morgan fingerprint density at radius 2 is 1.82 bits per heavy atom. The SMILES string of the molecule is Cc1nc2c(c(C)nn2-c2ccccc2)c(C)c1CCC(=O)NC[C@@H]1CCN(C2CCCC2)C1. The van der Waals surface area contributed by atoms with Crippen molar-refractivity contribution >= 4 is 16.9 Å². The summed E-state index contributed by atoms with van der Waals surface area (Å²) in [5, 5.41) is 9.09. The standard InChI is InChI=1S/C28H37N5O/c1-19-25(13-14-26(34)29-17-22-15-16-32(18-22)23-9-7-8-10-23)20(2)30-28-27(19)21(3)31-33(28)24-11-5-4-6-12-24/h4-6,11-12,22-23H,7-10,13-18H2,1-3H3,(H,29,34)/t22-/m0/s1. The first-order valence-electron chi connectivity index (χ1n) is 12.9. The molecule has 1 amide bonds. The molecule has 1 saturated carbocycles. The van der Waals surface area contributed by atoms with E-state index in [1.165, 1.54) is 49.8 Å². The Kier molecular flexibility index (Phi) is 6.68. The van der Waals surface area contributed by atoms with Crippen molar-refractivity contribution in [1.82, 2.24) is 25.0 Å². The van der Waals surface area contributed by atoms with Crippen LogP contribution in [0.25, 0.3) is 16.7 Å². The van der Waals surface area contributed by atoms with Crippen LogP contribution in [0.1, 0.15) is 61.0 Å². The number of nitrogens with zero attached hydrogens (tertiary/aromatic N) is 4. The molecule has 1 atom stereocenters. The van der Waals surface area contributed by atoms with Gasteiger partial charge in [-0.05, 0) is 82.2 Å². The first-order chi connectivity index (χ1) is 16.5. The predicted octanol–water partition coefficient (Wildman–Crippen LogP) is 4.66. The molecule has 34 heavy (non-hydrogen) atoms. The van der Waals surface area contributed by atoms with Crippen molar-refractivity contribution in [3.8, 4) is 5.69 Å². The molecule has 180 valence electrons. The Bertz CT molecular complexity index is 1160. The van der Waals surface area contributed by atoms with Gasteiger partial charge in [-0.1, -0.05) is 31.0 Å². The molecule has 2 aromatic heterocycles. The monoisotopic (exact) mass is 459 g/mol. The quantitative estimate of drug-likeness (QED) is 0.558. The van der Waals surface area contributed by atoms with Crippen molar-refractivity contribution in [3.05, 3.63) is 52.8 Å². The Morgan fingerprint density at radius 1 is 1.06 bits per heavy atom. The maximum absolute atomic E-state index is 12.7. The van der Waals surface area contributed by atoms with Gasteiger partial charge < -0.3 is 10.2 Å². The molecule has 2 fully saturated rings. The number of aryl methyl sites for hydroxylation is 3. The molecule has 0 bridgehead atoms. The number of amides is 1. The van der Waals surface area contributed by atoms with Crippen LogP contribution >= 0.6 is 0 Å². The van der Waals surface area contributed by atoms with Crippen LogP contribution in [0, 0.1) is 26.7 Å². The van der Waals surface area contributed by atoms with Crippen molar-refractivity contribution in [1.29, 1.82) is 0 Å². The molecule has 5 rings (SSSR count). The molecule has 1 aliphatic heterocycles. The van der Waals surface area contributed by atoms with Gasteiger partial charge in [0.25, 0.3) is 0 Å². The number of carbonyl (C=O) groups excluding carboxylic acids is 1. The molecule has 3 aromatic rings. The van der Waals surface area contributed by atoms with Gasteiger partial charge in [-0.15, -0.1) is 0 Å². The summed E-state index contributed by atoms with van der Waals surface area (Å²) in [7, 11) is 0. The predicted molar refractivity (Wildman–Crippen MR) is 136 cm³/mol. The highest BCUT2D eigenvalue weighted by molar-refractivity contribution is 5.85. The smallest absolute Gasteiger partial charge is 0.220 e. The molecule has 1 aliphatic carbocycles. The van der Waals surface area contributed by atoms with Gasteiger partial charge in [-0.25, -0.2) is 9.67 Å². The fourth-order valence-electron chi connectivity index (χ4n) is 6.04. The van der Waals surface area contributed by atoms with Crippen LogP contribution in [0.4, 0.5) is 0 Å². The Balaban J connectivity index is 1.22. The van der Waals surface area contributed by atoms with Crippen LogP contribution in [0.15, 0.2) is 30.3 Å². The van der Waals surface area contributed by atoms with E-state index in [0.29, 0.717) is 18.8 Å². The minimum atomic E-state index is 0.148. The number of pyridine rings is 1. The molecular weight excluding hydrogens is 422 g/mol. The zero-order chi connectivity index (χ0) is 23.7. The average Bonchev–Trinajstić information content (AvgIpc) is 3.58. The van der Waals surface area contributed by atoms with E-state index in [-0.39, 0.29) is 5.91 Å². The lowest BCUT2D eigenvalue weighted by Crippen LogP contribution is -2.34. The minimum absolute atomic E-state index is 0.148. The van der Waals surface area contributed by atoms with Crippen LogP contribution in [-0.4, -0.2) is 51.2 Å². The van der Waals surface area contributed by atoms with Gasteiger partial charge in [0.1, 0.15) is 0 Å². The van der Waals surface area contributed by atoms with E-state index in [1.807, 2.05) is 48.9 Å². The largest absolute Gasteiger partial charge is 0.356 e. The van der Waals surface area contributed by atoms with Crippen LogP contribution in [0.5, 0.6) is 0 Å². The summed E-state index contributed by atoms with van der Waals surface area (Å²) in [6, 6.07) is 10.9. The number of benzene rings is 1. The van der Waals surface area contributed by atoms with Crippen molar-refractivity contribution in [2.24, 2.45) is 5.92 Å². The normalized spacial score (nSPS) is 19.3. The third kappa shape index (κ3) is 4.61. The number of rotatable bonds is 7. The summed E-state index contributed by atoms with van der Waals surface area (Å²) in [6.45, 7) is 9.39. The summed E-state index contributed by atoms with van der Waals surface area (Å²) in [4.78, 5) is 20.3. The number of nitrogens with one attached hydrogen (secondary N) is 1. The summed E-state index contributed by atoms with van der Waals surface area (Å²) in [5.74, 6) is 0.743. The lowest BCUT2D eigenvalue weighted by Gasteiger charge is -2.23. The Hall–Kier alpha value is -2.73. The molecule has 1 N–H and O–H groups in total. The topological polar surface area (TPSA) is 63.1 Å². The highest BCUT2D eigenvalue weighted by Crippen LogP contribution is 2.29. The zero-order valence-electron chi connectivity index (χ0n) is 20.8. The van der Waals surface area contributed by atoms with E-state index >= 15 is 0 Å². The van der Waals surface area contributed by atoms with Crippen molar-refractivity contribution in [3.63, 3.8) is 0 Å². The molecule has 0 spiro atoms.